The number of nitrogens with zero attached hydrogens (tertiary/aromatic N) is 2. The second-order valence-electron chi connectivity index (χ2n) is 8.27. The molecule has 180 valence electrons. The number of benzene rings is 2. The lowest BCUT2D eigenvalue weighted by molar-refractivity contribution is 0.0321. The summed E-state index contributed by atoms with van der Waals surface area (Å²) in [5, 5.41) is 10.5. The zero-order valence-corrected chi connectivity index (χ0v) is 19.3. The second-order valence-corrected chi connectivity index (χ2v) is 8.27. The summed E-state index contributed by atoms with van der Waals surface area (Å²) in [6.07, 6.45) is 0. The molecule has 1 saturated heterocycles. The molecular formula is C26H25N3O6. The first-order valence-corrected chi connectivity index (χ1v) is 11.3. The van der Waals surface area contributed by atoms with Crippen molar-refractivity contribution < 1.29 is 23.4 Å². The molecule has 0 unspecified atom stereocenters. The average Bonchev–Trinajstić information content (AvgIpc) is 2.89. The summed E-state index contributed by atoms with van der Waals surface area (Å²) in [6.45, 7) is 4.47. The number of morpholine rings is 1. The van der Waals surface area contributed by atoms with Crippen LogP contribution >= 0.6 is 0 Å². The van der Waals surface area contributed by atoms with Gasteiger partial charge in [0.15, 0.2) is 17.2 Å². The molecule has 0 radical (unpaired) electrons. The predicted octanol–water partition coefficient (Wildman–Crippen LogP) is 2.73. The van der Waals surface area contributed by atoms with E-state index in [-0.39, 0.29) is 17.0 Å². The monoisotopic (exact) mass is 475 g/mol. The molecule has 2 N–H and O–H groups in total. The van der Waals surface area contributed by atoms with Crippen LogP contribution in [0.25, 0.3) is 11.0 Å². The van der Waals surface area contributed by atoms with Crippen LogP contribution in [0.2, 0.25) is 0 Å². The van der Waals surface area contributed by atoms with Crippen molar-refractivity contribution in [3.05, 3.63) is 75.5 Å². The molecule has 1 atom stereocenters. The predicted molar refractivity (Wildman–Crippen MR) is 128 cm³/mol. The van der Waals surface area contributed by atoms with Crippen molar-refractivity contribution in [2.24, 2.45) is 5.73 Å². The van der Waals surface area contributed by atoms with Crippen LogP contribution in [0.3, 0.4) is 0 Å². The maximum Gasteiger partial charge on any atom is 0.344 e. The molecule has 2 aliphatic heterocycles. The molecule has 5 rings (SSSR count). The van der Waals surface area contributed by atoms with Gasteiger partial charge in [-0.15, -0.1) is 0 Å². The topological polar surface area (TPSA) is 120 Å². The first kappa shape index (κ1) is 22.8. The maximum absolute atomic E-state index is 13.1. The molecule has 0 saturated carbocycles. The van der Waals surface area contributed by atoms with E-state index in [0.717, 1.165) is 32.8 Å². The molecule has 1 fully saturated rings. The van der Waals surface area contributed by atoms with Crippen LogP contribution in [0.15, 0.2) is 63.1 Å². The minimum Gasteiger partial charge on any atom is -0.493 e. The van der Waals surface area contributed by atoms with Gasteiger partial charge < -0.3 is 29.1 Å². The smallest absolute Gasteiger partial charge is 0.344 e. The average molecular weight is 476 g/mol. The molecule has 0 spiro atoms. The number of methoxy groups -OCH3 is 1. The number of allylic oxidation sites excluding steroid dienone is 1. The molecule has 3 aromatic rings. The van der Waals surface area contributed by atoms with Gasteiger partial charge in [0.2, 0.25) is 5.88 Å². The zero-order valence-electron chi connectivity index (χ0n) is 19.3. The Bertz CT molecular complexity index is 1380. The zero-order chi connectivity index (χ0) is 24.4. The largest absolute Gasteiger partial charge is 0.493 e. The number of nitriles is 1. The number of ether oxygens (including phenoxy) is 4. The fourth-order valence-corrected chi connectivity index (χ4v) is 4.49. The van der Waals surface area contributed by atoms with E-state index >= 15 is 0 Å². The number of hydrogen-bond acceptors (Lipinski definition) is 9. The SMILES string of the molecule is COc1cc([C@H]2C(C#N)=C(N)Oc3c2c(=O)oc2ccccc32)ccc1OCCN1CCOCC1. The molecule has 1 aromatic heterocycles. The van der Waals surface area contributed by atoms with Gasteiger partial charge in [-0.25, -0.2) is 4.79 Å². The van der Waals surface area contributed by atoms with Crippen LogP contribution in [-0.4, -0.2) is 51.5 Å². The Kier molecular flexibility index (Phi) is 6.31. The number of rotatable bonds is 6. The molecule has 3 heterocycles. The summed E-state index contributed by atoms with van der Waals surface area (Å²) in [4.78, 5) is 15.3. The van der Waals surface area contributed by atoms with E-state index in [0.29, 0.717) is 40.4 Å². The molecule has 2 aromatic carbocycles. The number of hydrogen-bond donors (Lipinski definition) is 1. The van der Waals surface area contributed by atoms with E-state index < -0.39 is 11.5 Å². The van der Waals surface area contributed by atoms with Crippen LogP contribution in [-0.2, 0) is 4.74 Å². The highest BCUT2D eigenvalue weighted by atomic mass is 16.5. The van der Waals surface area contributed by atoms with E-state index in [1.807, 2.05) is 6.07 Å². The molecular weight excluding hydrogens is 450 g/mol. The third kappa shape index (κ3) is 4.30. The van der Waals surface area contributed by atoms with Crippen molar-refractivity contribution in [2.75, 3.05) is 46.6 Å². The number of nitrogens with two attached hydrogens (primary N) is 1. The van der Waals surface area contributed by atoms with Gasteiger partial charge in [0.25, 0.3) is 0 Å². The summed E-state index contributed by atoms with van der Waals surface area (Å²) in [5.41, 5.74) is 6.91. The summed E-state index contributed by atoms with van der Waals surface area (Å²) in [5.74, 6) is 0.519. The fraction of sp³-hybridized carbons (Fsp3) is 0.308. The molecule has 0 aliphatic carbocycles. The molecule has 9 heteroatoms. The first-order chi connectivity index (χ1) is 17.1. The van der Waals surface area contributed by atoms with Crippen molar-refractivity contribution in [3.63, 3.8) is 0 Å². The highest BCUT2D eigenvalue weighted by Gasteiger charge is 2.36. The van der Waals surface area contributed by atoms with E-state index in [9.17, 15) is 10.1 Å². The van der Waals surface area contributed by atoms with Crippen LogP contribution in [0.1, 0.15) is 17.0 Å². The Hall–Kier alpha value is -4.00. The Morgan fingerprint density at radius 2 is 1.97 bits per heavy atom. The van der Waals surface area contributed by atoms with Gasteiger partial charge in [0.05, 0.1) is 37.2 Å². The summed E-state index contributed by atoms with van der Waals surface area (Å²) in [7, 11) is 1.54. The van der Waals surface area contributed by atoms with E-state index in [1.165, 1.54) is 0 Å². The third-order valence-electron chi connectivity index (χ3n) is 6.26. The minimum absolute atomic E-state index is 0.0504. The van der Waals surface area contributed by atoms with Gasteiger partial charge in [-0.05, 0) is 29.8 Å². The lowest BCUT2D eigenvalue weighted by atomic mass is 9.83. The first-order valence-electron chi connectivity index (χ1n) is 11.3. The van der Waals surface area contributed by atoms with E-state index in [2.05, 4.69) is 11.0 Å². The molecule has 0 amide bonds. The van der Waals surface area contributed by atoms with Crippen LogP contribution in [0.4, 0.5) is 0 Å². The molecule has 2 aliphatic rings. The van der Waals surface area contributed by atoms with Gasteiger partial charge in [-0.1, -0.05) is 18.2 Å². The number of fused-ring (bicyclic) bond motifs is 3. The van der Waals surface area contributed by atoms with Crippen molar-refractivity contribution in [1.29, 1.82) is 5.26 Å². The lowest BCUT2D eigenvalue weighted by Crippen LogP contribution is -2.38. The lowest BCUT2D eigenvalue weighted by Gasteiger charge is -2.27. The Labute approximate surface area is 201 Å². The normalized spacial score (nSPS) is 18.0. The highest BCUT2D eigenvalue weighted by Crippen LogP contribution is 2.45. The Balaban J connectivity index is 1.50. The highest BCUT2D eigenvalue weighted by molar-refractivity contribution is 5.86. The van der Waals surface area contributed by atoms with Gasteiger partial charge >= 0.3 is 5.63 Å². The molecule has 0 bridgehead atoms. The summed E-state index contributed by atoms with van der Waals surface area (Å²) >= 11 is 0. The van der Waals surface area contributed by atoms with Crippen LogP contribution < -0.4 is 25.6 Å². The maximum atomic E-state index is 13.1. The van der Waals surface area contributed by atoms with Crippen LogP contribution in [0, 0.1) is 11.3 Å². The van der Waals surface area contributed by atoms with Crippen molar-refractivity contribution in [3.8, 4) is 23.3 Å². The Morgan fingerprint density at radius 1 is 1.17 bits per heavy atom. The van der Waals surface area contributed by atoms with Crippen LogP contribution in [0.5, 0.6) is 17.2 Å². The number of para-hydroxylation sites is 1. The molecule has 9 nitrogen and oxygen atoms in total. The van der Waals surface area contributed by atoms with Gasteiger partial charge in [-0.2, -0.15) is 5.26 Å². The van der Waals surface area contributed by atoms with E-state index in [4.69, 9.17) is 29.1 Å². The van der Waals surface area contributed by atoms with Gasteiger partial charge in [-0.3, -0.25) is 4.90 Å². The van der Waals surface area contributed by atoms with E-state index in [1.54, 1.807) is 43.5 Å². The van der Waals surface area contributed by atoms with Gasteiger partial charge in [0, 0.05) is 19.6 Å². The van der Waals surface area contributed by atoms with Crippen molar-refractivity contribution in [2.45, 2.75) is 5.92 Å². The minimum atomic E-state index is -0.777. The second kappa shape index (κ2) is 9.70. The summed E-state index contributed by atoms with van der Waals surface area (Å²) in [6, 6.07) is 14.5. The van der Waals surface area contributed by atoms with Crippen molar-refractivity contribution in [1.82, 2.24) is 4.90 Å². The molecule has 35 heavy (non-hydrogen) atoms. The van der Waals surface area contributed by atoms with Gasteiger partial charge in [0.1, 0.15) is 23.8 Å². The third-order valence-corrected chi connectivity index (χ3v) is 6.26. The quantitative estimate of drug-likeness (QED) is 0.537. The Morgan fingerprint density at radius 3 is 2.74 bits per heavy atom. The fourth-order valence-electron chi connectivity index (χ4n) is 4.49. The summed E-state index contributed by atoms with van der Waals surface area (Å²) < 4.78 is 28.3. The standard InChI is InChI=1S/C26H25N3O6/c1-31-21-14-16(6-7-20(21)33-13-10-29-8-11-32-12-9-29)22-18(15-27)25(28)35-24-17-4-2-3-5-19(17)34-26(30)23(22)24/h2-7,14,22H,8-13,28H2,1H3/t22-/m0/s1. The van der Waals surface area contributed by atoms with Crippen molar-refractivity contribution >= 4 is 11.0 Å².